The summed E-state index contributed by atoms with van der Waals surface area (Å²) >= 11 is 0. The van der Waals surface area contributed by atoms with E-state index in [0.29, 0.717) is 12.4 Å². The molecule has 2 heterocycles. The lowest BCUT2D eigenvalue weighted by molar-refractivity contribution is 0.0706. The first-order chi connectivity index (χ1) is 9.43. The molecular weight excluding hydrogens is 280 g/mol. The van der Waals surface area contributed by atoms with Crippen LogP contribution in [0.5, 0.6) is 0 Å². The highest BCUT2D eigenvalue weighted by atomic mass is 32.2. The van der Waals surface area contributed by atoms with Gasteiger partial charge in [0.2, 0.25) is 0 Å². The molecule has 1 aliphatic rings. The van der Waals surface area contributed by atoms with Gasteiger partial charge in [-0.15, -0.1) is 0 Å². The summed E-state index contributed by atoms with van der Waals surface area (Å²) < 4.78 is 23.1. The van der Waals surface area contributed by atoms with E-state index >= 15 is 0 Å². The van der Waals surface area contributed by atoms with Gasteiger partial charge < -0.3 is 10.2 Å². The Morgan fingerprint density at radius 1 is 1.50 bits per heavy atom. The van der Waals surface area contributed by atoms with Crippen LogP contribution in [0.2, 0.25) is 0 Å². The molecule has 1 atom stereocenters. The summed E-state index contributed by atoms with van der Waals surface area (Å²) in [5.74, 6) is 0.262. The lowest BCUT2D eigenvalue weighted by atomic mass is 10.2. The van der Waals surface area contributed by atoms with Crippen molar-refractivity contribution in [1.29, 1.82) is 0 Å². The topological polar surface area (TPSA) is 92.3 Å². The molecule has 1 saturated heterocycles. The van der Waals surface area contributed by atoms with E-state index in [2.05, 4.69) is 15.3 Å². The van der Waals surface area contributed by atoms with Crippen LogP contribution in [0.1, 0.15) is 24.3 Å². The number of hydrogen-bond donors (Lipinski definition) is 1. The Morgan fingerprint density at radius 2 is 2.25 bits per heavy atom. The van der Waals surface area contributed by atoms with Crippen LogP contribution >= 0.6 is 0 Å². The van der Waals surface area contributed by atoms with E-state index in [0.717, 1.165) is 0 Å². The number of carbonyl (C=O) groups excluding carboxylic acids is 1. The molecule has 1 fully saturated rings. The number of amides is 1. The SMILES string of the molecule is CCNc1cncc(C(=O)N2CCS(=O)(=O)CC2C)n1. The van der Waals surface area contributed by atoms with Gasteiger partial charge in [-0.25, -0.2) is 13.4 Å². The van der Waals surface area contributed by atoms with Crippen molar-refractivity contribution in [2.45, 2.75) is 19.9 Å². The van der Waals surface area contributed by atoms with E-state index in [1.54, 1.807) is 18.0 Å². The number of rotatable bonds is 3. The maximum absolute atomic E-state index is 12.4. The van der Waals surface area contributed by atoms with Crippen molar-refractivity contribution < 1.29 is 13.2 Å². The van der Waals surface area contributed by atoms with Crippen LogP contribution in [0.15, 0.2) is 12.4 Å². The Bertz CT molecular complexity index is 602. The normalized spacial score (nSPS) is 21.5. The second-order valence-electron chi connectivity index (χ2n) is 4.78. The fourth-order valence-electron chi connectivity index (χ4n) is 2.18. The first kappa shape index (κ1) is 14.7. The quantitative estimate of drug-likeness (QED) is 0.855. The average molecular weight is 298 g/mol. The van der Waals surface area contributed by atoms with Crippen molar-refractivity contribution in [2.75, 3.05) is 29.9 Å². The Kier molecular flexibility index (Phi) is 4.22. The second-order valence-corrected chi connectivity index (χ2v) is 7.01. The summed E-state index contributed by atoms with van der Waals surface area (Å²) in [5.41, 5.74) is 0.231. The van der Waals surface area contributed by atoms with E-state index in [-0.39, 0.29) is 35.7 Å². The third kappa shape index (κ3) is 3.24. The van der Waals surface area contributed by atoms with Crippen LogP contribution in [0.25, 0.3) is 0 Å². The fraction of sp³-hybridized carbons (Fsp3) is 0.583. The number of aromatic nitrogens is 2. The molecule has 7 nitrogen and oxygen atoms in total. The average Bonchev–Trinajstić information content (AvgIpc) is 2.38. The molecule has 1 aromatic rings. The Morgan fingerprint density at radius 3 is 2.90 bits per heavy atom. The van der Waals surface area contributed by atoms with Crippen LogP contribution in [0.3, 0.4) is 0 Å². The Hall–Kier alpha value is -1.70. The predicted molar refractivity (Wildman–Crippen MR) is 75.3 cm³/mol. The van der Waals surface area contributed by atoms with Crippen molar-refractivity contribution in [3.05, 3.63) is 18.1 Å². The molecule has 1 amide bonds. The van der Waals surface area contributed by atoms with E-state index in [4.69, 9.17) is 0 Å². The van der Waals surface area contributed by atoms with Gasteiger partial charge in [-0.2, -0.15) is 0 Å². The van der Waals surface area contributed by atoms with Gasteiger partial charge in [-0.1, -0.05) is 0 Å². The second kappa shape index (κ2) is 5.74. The van der Waals surface area contributed by atoms with Crippen molar-refractivity contribution in [1.82, 2.24) is 14.9 Å². The van der Waals surface area contributed by atoms with Crippen molar-refractivity contribution in [2.24, 2.45) is 0 Å². The zero-order valence-corrected chi connectivity index (χ0v) is 12.4. The minimum Gasteiger partial charge on any atom is -0.369 e. The minimum absolute atomic E-state index is 0.000923. The maximum atomic E-state index is 12.4. The summed E-state index contributed by atoms with van der Waals surface area (Å²) in [5, 5.41) is 2.99. The lowest BCUT2D eigenvalue weighted by Gasteiger charge is -2.32. The number of hydrogen-bond acceptors (Lipinski definition) is 6. The van der Waals surface area contributed by atoms with E-state index < -0.39 is 9.84 Å². The molecular formula is C12H18N4O3S. The van der Waals surface area contributed by atoms with Gasteiger partial charge in [0.15, 0.2) is 9.84 Å². The fourth-order valence-corrected chi connectivity index (χ4v) is 3.74. The molecule has 0 aromatic carbocycles. The Labute approximate surface area is 118 Å². The van der Waals surface area contributed by atoms with Crippen LogP contribution in [0, 0.1) is 0 Å². The molecule has 1 N–H and O–H groups in total. The predicted octanol–water partition coefficient (Wildman–Crippen LogP) is 0.167. The summed E-state index contributed by atoms with van der Waals surface area (Å²) in [7, 11) is -3.04. The van der Waals surface area contributed by atoms with E-state index in [9.17, 15) is 13.2 Å². The zero-order valence-electron chi connectivity index (χ0n) is 11.5. The molecule has 0 saturated carbocycles. The van der Waals surface area contributed by atoms with Crippen molar-refractivity contribution >= 4 is 21.6 Å². The van der Waals surface area contributed by atoms with Crippen molar-refractivity contribution in [3.8, 4) is 0 Å². The number of nitrogens with zero attached hydrogens (tertiary/aromatic N) is 3. The van der Waals surface area contributed by atoms with Gasteiger partial charge in [0.05, 0.1) is 23.9 Å². The smallest absolute Gasteiger partial charge is 0.274 e. The molecule has 110 valence electrons. The minimum atomic E-state index is -3.04. The third-order valence-corrected chi connectivity index (χ3v) is 4.94. The van der Waals surface area contributed by atoms with E-state index in [1.165, 1.54) is 6.20 Å². The molecule has 0 bridgehead atoms. The molecule has 1 unspecified atom stereocenters. The standard InChI is InChI=1S/C12H18N4O3S/c1-3-14-11-7-13-6-10(15-11)12(17)16-4-5-20(18,19)8-9(16)2/h6-7,9H,3-5,8H2,1-2H3,(H,14,15). The molecule has 0 spiro atoms. The number of carbonyl (C=O) groups is 1. The molecule has 20 heavy (non-hydrogen) atoms. The van der Waals surface area contributed by atoms with Crippen LogP contribution < -0.4 is 5.32 Å². The zero-order chi connectivity index (χ0) is 14.8. The number of nitrogens with one attached hydrogen (secondary N) is 1. The van der Waals surface area contributed by atoms with Crippen molar-refractivity contribution in [3.63, 3.8) is 0 Å². The molecule has 0 radical (unpaired) electrons. The van der Waals surface area contributed by atoms with Gasteiger partial charge in [0, 0.05) is 19.1 Å². The van der Waals surface area contributed by atoms with Crippen LogP contribution in [-0.2, 0) is 9.84 Å². The molecule has 8 heteroatoms. The number of sulfone groups is 1. The molecule has 1 aromatic heterocycles. The maximum Gasteiger partial charge on any atom is 0.274 e. The molecule has 1 aliphatic heterocycles. The van der Waals surface area contributed by atoms with E-state index in [1.807, 2.05) is 6.92 Å². The number of anilines is 1. The van der Waals surface area contributed by atoms with Crippen LogP contribution in [0.4, 0.5) is 5.82 Å². The molecule has 0 aliphatic carbocycles. The van der Waals surface area contributed by atoms with Gasteiger partial charge >= 0.3 is 0 Å². The van der Waals surface area contributed by atoms with Crippen LogP contribution in [-0.4, -0.2) is 59.8 Å². The highest BCUT2D eigenvalue weighted by Crippen LogP contribution is 2.15. The van der Waals surface area contributed by atoms with Gasteiger partial charge in [0.1, 0.15) is 11.5 Å². The molecule has 2 rings (SSSR count). The third-order valence-electron chi connectivity index (χ3n) is 3.14. The van der Waals surface area contributed by atoms with Gasteiger partial charge in [-0.3, -0.25) is 9.78 Å². The summed E-state index contributed by atoms with van der Waals surface area (Å²) in [6, 6.07) is -0.342. The largest absolute Gasteiger partial charge is 0.369 e. The monoisotopic (exact) mass is 298 g/mol. The summed E-state index contributed by atoms with van der Waals surface area (Å²) in [4.78, 5) is 22.1. The first-order valence-electron chi connectivity index (χ1n) is 6.50. The first-order valence-corrected chi connectivity index (χ1v) is 8.32. The highest BCUT2D eigenvalue weighted by Gasteiger charge is 2.32. The van der Waals surface area contributed by atoms with Gasteiger partial charge in [0.25, 0.3) is 5.91 Å². The summed E-state index contributed by atoms with van der Waals surface area (Å²) in [6.07, 6.45) is 2.95. The summed E-state index contributed by atoms with van der Waals surface area (Å²) in [6.45, 7) is 4.55. The van der Waals surface area contributed by atoms with Gasteiger partial charge in [-0.05, 0) is 13.8 Å². The Balaban J connectivity index is 2.17. The highest BCUT2D eigenvalue weighted by molar-refractivity contribution is 7.91. The lowest BCUT2D eigenvalue weighted by Crippen LogP contribution is -2.50.